The minimum absolute atomic E-state index is 0.0818. The van der Waals surface area contributed by atoms with Gasteiger partial charge >= 0.3 is 6.09 Å². The number of carbonyl (C=O) groups is 1. The molecule has 1 aromatic carbocycles. The first kappa shape index (κ1) is 17.1. The summed E-state index contributed by atoms with van der Waals surface area (Å²) < 4.78 is 10.5. The highest BCUT2D eigenvalue weighted by Crippen LogP contribution is 2.21. The van der Waals surface area contributed by atoms with E-state index in [1.807, 2.05) is 45.0 Å². The van der Waals surface area contributed by atoms with E-state index in [2.05, 4.69) is 11.4 Å². The quantitative estimate of drug-likeness (QED) is 0.923. The molecule has 0 saturated carbocycles. The third kappa shape index (κ3) is 4.60. The second kappa shape index (κ2) is 6.88. The monoisotopic (exact) mass is 317 g/mol. The van der Waals surface area contributed by atoms with Gasteiger partial charge in [0, 0.05) is 19.1 Å². The number of hydrogen-bond donors (Lipinski definition) is 1. The van der Waals surface area contributed by atoms with Crippen molar-refractivity contribution in [2.24, 2.45) is 0 Å². The summed E-state index contributed by atoms with van der Waals surface area (Å²) in [5.41, 5.74) is 0.355. The molecular weight excluding hydrogens is 294 g/mol. The smallest absolute Gasteiger partial charge is 0.410 e. The summed E-state index contributed by atoms with van der Waals surface area (Å²) >= 11 is 0. The Morgan fingerprint density at radius 3 is 2.70 bits per heavy atom. The van der Waals surface area contributed by atoms with Crippen molar-refractivity contribution in [3.8, 4) is 11.8 Å². The molecule has 6 heteroatoms. The van der Waals surface area contributed by atoms with Crippen LogP contribution in [0.1, 0.15) is 32.4 Å². The van der Waals surface area contributed by atoms with Gasteiger partial charge in [0.2, 0.25) is 0 Å². The van der Waals surface area contributed by atoms with Crippen LogP contribution in [0, 0.1) is 11.3 Å². The number of ether oxygens (including phenoxy) is 2. The van der Waals surface area contributed by atoms with Gasteiger partial charge in [-0.1, -0.05) is 12.1 Å². The Morgan fingerprint density at radius 2 is 2.13 bits per heavy atom. The maximum Gasteiger partial charge on any atom is 0.410 e. The number of methoxy groups -OCH3 is 1. The van der Waals surface area contributed by atoms with Crippen LogP contribution in [-0.4, -0.2) is 42.8 Å². The fraction of sp³-hybridized carbons (Fsp3) is 0.529. The van der Waals surface area contributed by atoms with Crippen molar-refractivity contribution in [2.75, 3.05) is 20.2 Å². The van der Waals surface area contributed by atoms with Crippen LogP contribution in [0.4, 0.5) is 4.79 Å². The van der Waals surface area contributed by atoms with Gasteiger partial charge in [-0.15, -0.1) is 0 Å². The lowest BCUT2D eigenvalue weighted by atomic mass is 10.0. The van der Waals surface area contributed by atoms with Gasteiger partial charge in [-0.2, -0.15) is 5.26 Å². The van der Waals surface area contributed by atoms with E-state index in [1.165, 1.54) is 0 Å². The average Bonchev–Trinajstić information content (AvgIpc) is 2.44. The number of hydrogen-bond acceptors (Lipinski definition) is 5. The Morgan fingerprint density at radius 1 is 1.43 bits per heavy atom. The van der Waals surface area contributed by atoms with Gasteiger partial charge in [-0.05, 0) is 38.5 Å². The third-order valence-corrected chi connectivity index (χ3v) is 3.49. The number of nitrogens with one attached hydrogen (secondary N) is 1. The SMILES string of the molecule is COc1cccc([C@H](C#N)NC2CN(C(=O)OC(C)(C)C)C2)c1. The van der Waals surface area contributed by atoms with E-state index in [0.29, 0.717) is 18.8 Å². The van der Waals surface area contributed by atoms with Crippen molar-refractivity contribution in [1.29, 1.82) is 5.26 Å². The minimum atomic E-state index is -0.495. The lowest BCUT2D eigenvalue weighted by Gasteiger charge is -2.41. The largest absolute Gasteiger partial charge is 0.497 e. The summed E-state index contributed by atoms with van der Waals surface area (Å²) in [5, 5.41) is 12.6. The van der Waals surface area contributed by atoms with E-state index in [9.17, 15) is 10.1 Å². The lowest BCUT2D eigenvalue weighted by Crippen LogP contribution is -2.60. The van der Waals surface area contributed by atoms with Crippen LogP contribution < -0.4 is 10.1 Å². The molecule has 1 fully saturated rings. The first-order valence-electron chi connectivity index (χ1n) is 7.60. The highest BCUT2D eigenvalue weighted by molar-refractivity contribution is 5.69. The van der Waals surface area contributed by atoms with Gasteiger partial charge in [-0.3, -0.25) is 5.32 Å². The van der Waals surface area contributed by atoms with Gasteiger partial charge < -0.3 is 14.4 Å². The zero-order valence-electron chi connectivity index (χ0n) is 14.0. The van der Waals surface area contributed by atoms with Crippen LogP contribution in [-0.2, 0) is 4.74 Å². The van der Waals surface area contributed by atoms with Crippen molar-refractivity contribution >= 4 is 6.09 Å². The number of likely N-dealkylation sites (tertiary alicyclic amines) is 1. The standard InChI is InChI=1S/C17H23N3O3/c1-17(2,3)23-16(21)20-10-13(11-20)19-15(9-18)12-6-5-7-14(8-12)22-4/h5-8,13,15,19H,10-11H2,1-4H3/t15-/m0/s1. The Bertz CT molecular complexity index is 598. The summed E-state index contributed by atoms with van der Waals surface area (Å²) in [4.78, 5) is 13.5. The van der Waals surface area contributed by atoms with Crippen LogP contribution >= 0.6 is 0 Å². The molecule has 23 heavy (non-hydrogen) atoms. The summed E-state index contributed by atoms with van der Waals surface area (Å²) in [6.45, 7) is 6.60. The summed E-state index contributed by atoms with van der Waals surface area (Å²) in [6, 6.07) is 9.31. The van der Waals surface area contributed by atoms with Crippen LogP contribution in [0.25, 0.3) is 0 Å². The zero-order valence-corrected chi connectivity index (χ0v) is 14.0. The third-order valence-electron chi connectivity index (χ3n) is 3.49. The van der Waals surface area contributed by atoms with Crippen LogP contribution in [0.15, 0.2) is 24.3 Å². The van der Waals surface area contributed by atoms with Gasteiger partial charge in [0.05, 0.1) is 13.2 Å². The number of nitriles is 1. The molecule has 1 aromatic rings. The molecule has 1 amide bonds. The topological polar surface area (TPSA) is 74.6 Å². The lowest BCUT2D eigenvalue weighted by molar-refractivity contribution is 0.00475. The highest BCUT2D eigenvalue weighted by Gasteiger charge is 2.34. The van der Waals surface area contributed by atoms with Crippen LogP contribution in [0.5, 0.6) is 5.75 Å². The van der Waals surface area contributed by atoms with Gasteiger partial charge in [0.15, 0.2) is 0 Å². The predicted octanol–water partition coefficient (Wildman–Crippen LogP) is 2.47. The summed E-state index contributed by atoms with van der Waals surface area (Å²) in [6.07, 6.45) is -0.314. The maximum absolute atomic E-state index is 11.9. The van der Waals surface area contributed by atoms with E-state index in [0.717, 1.165) is 5.56 Å². The normalized spacial score (nSPS) is 16.2. The average molecular weight is 317 g/mol. The molecule has 2 rings (SSSR count). The van der Waals surface area contributed by atoms with Crippen LogP contribution in [0.3, 0.4) is 0 Å². The second-order valence-corrected chi connectivity index (χ2v) is 6.59. The molecule has 6 nitrogen and oxygen atoms in total. The molecule has 1 saturated heterocycles. The van der Waals surface area contributed by atoms with Crippen molar-refractivity contribution in [1.82, 2.24) is 10.2 Å². The molecule has 1 heterocycles. The second-order valence-electron chi connectivity index (χ2n) is 6.59. The molecule has 0 unspecified atom stereocenters. The number of carbonyl (C=O) groups excluding carboxylic acids is 1. The maximum atomic E-state index is 11.9. The van der Waals surface area contributed by atoms with Gasteiger partial charge in [0.1, 0.15) is 17.4 Å². The molecular formula is C17H23N3O3. The van der Waals surface area contributed by atoms with E-state index in [-0.39, 0.29) is 12.1 Å². The fourth-order valence-corrected chi connectivity index (χ4v) is 2.32. The van der Waals surface area contributed by atoms with Crippen molar-refractivity contribution in [2.45, 2.75) is 38.5 Å². The number of nitrogens with zero attached hydrogens (tertiary/aromatic N) is 2. The molecule has 0 aliphatic carbocycles. The van der Waals surface area contributed by atoms with E-state index in [4.69, 9.17) is 9.47 Å². The molecule has 0 spiro atoms. The highest BCUT2D eigenvalue weighted by atomic mass is 16.6. The zero-order chi connectivity index (χ0) is 17.0. The minimum Gasteiger partial charge on any atom is -0.497 e. The van der Waals surface area contributed by atoms with E-state index in [1.54, 1.807) is 12.0 Å². The molecule has 1 aliphatic rings. The Kier molecular flexibility index (Phi) is 5.12. The summed E-state index contributed by atoms with van der Waals surface area (Å²) in [7, 11) is 1.60. The Hall–Kier alpha value is -2.26. The van der Waals surface area contributed by atoms with Gasteiger partial charge in [-0.25, -0.2) is 4.79 Å². The van der Waals surface area contributed by atoms with E-state index >= 15 is 0 Å². The number of amides is 1. The number of benzene rings is 1. The van der Waals surface area contributed by atoms with E-state index < -0.39 is 11.6 Å². The molecule has 1 aliphatic heterocycles. The fourth-order valence-electron chi connectivity index (χ4n) is 2.32. The van der Waals surface area contributed by atoms with Crippen molar-refractivity contribution in [3.05, 3.63) is 29.8 Å². The molecule has 0 radical (unpaired) electrons. The van der Waals surface area contributed by atoms with Crippen molar-refractivity contribution < 1.29 is 14.3 Å². The molecule has 0 bridgehead atoms. The first-order valence-corrected chi connectivity index (χ1v) is 7.60. The first-order chi connectivity index (χ1) is 10.8. The molecule has 0 aromatic heterocycles. The molecule has 1 atom stereocenters. The Labute approximate surface area is 137 Å². The number of rotatable bonds is 4. The molecule has 1 N–H and O–H groups in total. The predicted molar refractivity (Wildman–Crippen MR) is 86.1 cm³/mol. The Balaban J connectivity index is 1.88. The van der Waals surface area contributed by atoms with Crippen LogP contribution in [0.2, 0.25) is 0 Å². The molecule has 124 valence electrons. The van der Waals surface area contributed by atoms with Gasteiger partial charge in [0.25, 0.3) is 0 Å². The van der Waals surface area contributed by atoms with Crippen molar-refractivity contribution in [3.63, 3.8) is 0 Å². The summed E-state index contributed by atoms with van der Waals surface area (Å²) in [5.74, 6) is 0.716.